The molecule has 1 amide bonds. The van der Waals surface area contributed by atoms with Crippen LogP contribution in [0, 0.1) is 30.9 Å². The molecule has 3 aromatic heterocycles. The molecule has 0 bridgehead atoms. The van der Waals surface area contributed by atoms with E-state index in [1.165, 1.54) is 22.9 Å². The maximum absolute atomic E-state index is 12.2. The molecule has 9 nitrogen and oxygen atoms in total. The molecule has 3 heterocycles. The molecular formula is C15H15N5O4S. The molecule has 130 valence electrons. The van der Waals surface area contributed by atoms with Crippen molar-refractivity contribution in [3.8, 4) is 11.5 Å². The lowest BCUT2D eigenvalue weighted by molar-refractivity contribution is -0.386. The Morgan fingerprint density at radius 2 is 2.16 bits per heavy atom. The monoisotopic (exact) mass is 361 g/mol. The number of nitro groups is 1. The summed E-state index contributed by atoms with van der Waals surface area (Å²) in [6.07, 6.45) is 0. The Hall–Kier alpha value is -3.01. The van der Waals surface area contributed by atoms with Gasteiger partial charge in [0.2, 0.25) is 5.91 Å². The van der Waals surface area contributed by atoms with E-state index >= 15 is 0 Å². The summed E-state index contributed by atoms with van der Waals surface area (Å²) in [5.74, 6) is 1.04. The Morgan fingerprint density at radius 3 is 2.76 bits per heavy atom. The van der Waals surface area contributed by atoms with E-state index in [9.17, 15) is 14.9 Å². The zero-order chi connectivity index (χ0) is 18.1. The maximum atomic E-state index is 12.2. The average Bonchev–Trinajstić information content (AvgIpc) is 3.20. The molecule has 25 heavy (non-hydrogen) atoms. The molecule has 0 radical (unpaired) electrons. The van der Waals surface area contributed by atoms with Gasteiger partial charge in [-0.2, -0.15) is 5.10 Å². The number of hydrogen-bond donors (Lipinski definition) is 1. The van der Waals surface area contributed by atoms with E-state index < -0.39 is 4.92 Å². The lowest BCUT2D eigenvalue weighted by Crippen LogP contribution is -2.20. The minimum atomic E-state index is -0.496. The second-order valence-corrected chi connectivity index (χ2v) is 6.29. The number of rotatable bonds is 5. The topological polar surface area (TPSA) is 116 Å². The third-order valence-corrected chi connectivity index (χ3v) is 4.32. The number of amides is 1. The van der Waals surface area contributed by atoms with Crippen molar-refractivity contribution in [2.75, 3.05) is 5.32 Å². The van der Waals surface area contributed by atoms with Crippen LogP contribution in [0.15, 0.2) is 21.9 Å². The fourth-order valence-corrected chi connectivity index (χ4v) is 3.13. The fourth-order valence-electron chi connectivity index (χ4n) is 2.42. The Kier molecular flexibility index (Phi) is 4.36. The number of nitrogens with zero attached hydrogens (tertiary/aromatic N) is 4. The molecule has 0 saturated heterocycles. The first-order chi connectivity index (χ1) is 11.8. The number of thiazole rings is 1. The molecule has 0 spiro atoms. The first-order valence-corrected chi connectivity index (χ1v) is 8.23. The van der Waals surface area contributed by atoms with E-state index in [0.717, 1.165) is 5.76 Å². The number of aryl methyl sites for hydroxylation is 2. The van der Waals surface area contributed by atoms with E-state index in [-0.39, 0.29) is 23.8 Å². The van der Waals surface area contributed by atoms with Crippen LogP contribution in [0.1, 0.15) is 17.1 Å². The molecule has 0 aliphatic rings. The van der Waals surface area contributed by atoms with Gasteiger partial charge in [0, 0.05) is 5.38 Å². The summed E-state index contributed by atoms with van der Waals surface area (Å²) in [5.41, 5.74) is 1.18. The Morgan fingerprint density at radius 1 is 1.40 bits per heavy atom. The van der Waals surface area contributed by atoms with Gasteiger partial charge in [-0.15, -0.1) is 11.3 Å². The van der Waals surface area contributed by atoms with E-state index in [0.29, 0.717) is 22.3 Å². The highest BCUT2D eigenvalue weighted by atomic mass is 32.1. The second kappa shape index (κ2) is 6.48. The van der Waals surface area contributed by atoms with Gasteiger partial charge in [0.1, 0.15) is 29.4 Å². The first-order valence-electron chi connectivity index (χ1n) is 7.35. The molecule has 0 unspecified atom stereocenters. The minimum absolute atomic E-state index is 0.0717. The molecule has 0 atom stereocenters. The van der Waals surface area contributed by atoms with Gasteiger partial charge < -0.3 is 9.73 Å². The zero-order valence-electron chi connectivity index (χ0n) is 13.8. The summed E-state index contributed by atoms with van der Waals surface area (Å²) in [4.78, 5) is 27.0. The van der Waals surface area contributed by atoms with Crippen molar-refractivity contribution >= 4 is 28.1 Å². The number of carbonyl (C=O) groups is 1. The molecule has 0 aliphatic heterocycles. The summed E-state index contributed by atoms with van der Waals surface area (Å²) in [6.45, 7) is 4.81. The van der Waals surface area contributed by atoms with Crippen molar-refractivity contribution in [1.29, 1.82) is 0 Å². The van der Waals surface area contributed by atoms with Crippen LogP contribution in [-0.2, 0) is 11.3 Å². The van der Waals surface area contributed by atoms with E-state index in [4.69, 9.17) is 4.42 Å². The molecule has 3 rings (SSSR count). The zero-order valence-corrected chi connectivity index (χ0v) is 14.6. The summed E-state index contributed by atoms with van der Waals surface area (Å²) in [5, 5.41) is 19.9. The number of anilines is 1. The van der Waals surface area contributed by atoms with Crippen LogP contribution >= 0.6 is 11.3 Å². The lowest BCUT2D eigenvalue weighted by Gasteiger charge is -2.03. The third kappa shape index (κ3) is 3.43. The largest absolute Gasteiger partial charge is 0.460 e. The second-order valence-electron chi connectivity index (χ2n) is 5.43. The Labute approximate surface area is 146 Å². The standard InChI is InChI=1S/C15H15N5O4S/c1-8-4-5-12(24-8)11-7-25-15(16-11)17-13(21)6-19-10(3)14(20(22)23)9(2)18-19/h4-5,7H,6H2,1-3H3,(H,16,17,21). The van der Waals surface area contributed by atoms with E-state index in [1.54, 1.807) is 12.3 Å². The van der Waals surface area contributed by atoms with Crippen molar-refractivity contribution in [3.05, 3.63) is 44.8 Å². The van der Waals surface area contributed by atoms with Gasteiger partial charge >= 0.3 is 5.69 Å². The quantitative estimate of drug-likeness (QED) is 0.551. The van der Waals surface area contributed by atoms with Crippen LogP contribution in [0.4, 0.5) is 10.8 Å². The number of carbonyl (C=O) groups excluding carboxylic acids is 1. The fraction of sp³-hybridized carbons (Fsp3) is 0.267. The third-order valence-electron chi connectivity index (χ3n) is 3.56. The van der Waals surface area contributed by atoms with Gasteiger partial charge in [0.25, 0.3) is 0 Å². The van der Waals surface area contributed by atoms with Crippen LogP contribution in [0.5, 0.6) is 0 Å². The Balaban J connectivity index is 1.70. The van der Waals surface area contributed by atoms with Crippen molar-refractivity contribution in [2.24, 2.45) is 0 Å². The molecular weight excluding hydrogens is 346 g/mol. The number of nitrogens with one attached hydrogen (secondary N) is 1. The Bertz CT molecular complexity index is 955. The average molecular weight is 361 g/mol. The molecule has 10 heteroatoms. The molecule has 3 aromatic rings. The molecule has 0 aliphatic carbocycles. The highest BCUT2D eigenvalue weighted by molar-refractivity contribution is 7.14. The van der Waals surface area contributed by atoms with Crippen LogP contribution in [0.25, 0.3) is 11.5 Å². The number of hydrogen-bond acceptors (Lipinski definition) is 7. The summed E-state index contributed by atoms with van der Waals surface area (Å²) in [7, 11) is 0. The van der Waals surface area contributed by atoms with Crippen LogP contribution in [0.3, 0.4) is 0 Å². The van der Waals surface area contributed by atoms with Crippen molar-refractivity contribution in [3.63, 3.8) is 0 Å². The van der Waals surface area contributed by atoms with Crippen molar-refractivity contribution < 1.29 is 14.1 Å². The van der Waals surface area contributed by atoms with Crippen LogP contribution in [-0.4, -0.2) is 25.6 Å². The summed E-state index contributed by atoms with van der Waals surface area (Å²) >= 11 is 1.27. The molecule has 0 aromatic carbocycles. The van der Waals surface area contributed by atoms with Gasteiger partial charge in [-0.25, -0.2) is 4.98 Å². The molecule has 0 saturated carbocycles. The van der Waals surface area contributed by atoms with Gasteiger partial charge in [-0.3, -0.25) is 19.6 Å². The van der Waals surface area contributed by atoms with Crippen molar-refractivity contribution in [1.82, 2.24) is 14.8 Å². The predicted octanol–water partition coefficient (Wildman–Crippen LogP) is 3.07. The predicted molar refractivity (Wildman–Crippen MR) is 91.5 cm³/mol. The number of aromatic nitrogens is 3. The molecule has 0 fully saturated rings. The normalized spacial score (nSPS) is 10.8. The van der Waals surface area contributed by atoms with Crippen LogP contribution in [0.2, 0.25) is 0 Å². The SMILES string of the molecule is Cc1ccc(-c2csc(NC(=O)Cn3nc(C)c([N+](=O)[O-])c3C)n2)o1. The van der Waals surface area contributed by atoms with Gasteiger partial charge in [-0.05, 0) is 32.9 Å². The lowest BCUT2D eigenvalue weighted by atomic mass is 10.3. The van der Waals surface area contributed by atoms with Gasteiger partial charge in [0.15, 0.2) is 10.9 Å². The highest BCUT2D eigenvalue weighted by Gasteiger charge is 2.23. The summed E-state index contributed by atoms with van der Waals surface area (Å²) < 4.78 is 6.80. The van der Waals surface area contributed by atoms with E-state index in [1.807, 2.05) is 19.1 Å². The van der Waals surface area contributed by atoms with Crippen LogP contribution < -0.4 is 5.32 Å². The number of furan rings is 1. The van der Waals surface area contributed by atoms with Gasteiger partial charge in [-0.1, -0.05) is 0 Å². The maximum Gasteiger partial charge on any atom is 0.312 e. The van der Waals surface area contributed by atoms with E-state index in [2.05, 4.69) is 15.4 Å². The molecule has 1 N–H and O–H groups in total. The smallest absolute Gasteiger partial charge is 0.312 e. The minimum Gasteiger partial charge on any atom is -0.460 e. The van der Waals surface area contributed by atoms with Crippen molar-refractivity contribution in [2.45, 2.75) is 27.3 Å². The first kappa shape index (κ1) is 16.8. The van der Waals surface area contributed by atoms with Gasteiger partial charge in [0.05, 0.1) is 4.92 Å². The summed E-state index contributed by atoms with van der Waals surface area (Å²) in [6, 6.07) is 3.65. The highest BCUT2D eigenvalue weighted by Crippen LogP contribution is 2.26.